The number of Topliss-reactive ketones (excluding diaryl/α,β-unsaturated/α-hetero) is 1. The molecule has 0 saturated carbocycles. The van der Waals surface area contributed by atoms with Gasteiger partial charge in [0.25, 0.3) is 0 Å². The van der Waals surface area contributed by atoms with Crippen molar-refractivity contribution >= 4 is 28.2 Å². The summed E-state index contributed by atoms with van der Waals surface area (Å²) in [5.41, 5.74) is 1.20. The molecular weight excluding hydrogens is 232 g/mol. The fourth-order valence-corrected chi connectivity index (χ4v) is 2.27. The first-order valence-corrected chi connectivity index (χ1v) is 6.12. The van der Waals surface area contributed by atoms with Crippen molar-refractivity contribution in [2.45, 2.75) is 26.2 Å². The van der Waals surface area contributed by atoms with Gasteiger partial charge >= 0.3 is 0 Å². The summed E-state index contributed by atoms with van der Waals surface area (Å²) in [6, 6.07) is 12.1. The zero-order chi connectivity index (χ0) is 12.4. The van der Waals surface area contributed by atoms with Crippen molar-refractivity contribution in [2.24, 2.45) is 0 Å². The molecule has 0 saturated heterocycles. The minimum Gasteiger partial charge on any atom is -0.300 e. The van der Waals surface area contributed by atoms with Gasteiger partial charge < -0.3 is 4.79 Å². The molecule has 1 atom stereocenters. The van der Waals surface area contributed by atoms with Crippen molar-refractivity contribution in [2.75, 3.05) is 0 Å². The van der Waals surface area contributed by atoms with Gasteiger partial charge in [0, 0.05) is 11.4 Å². The average molecular weight is 247 g/mol. The third kappa shape index (κ3) is 2.86. The molecule has 0 heterocycles. The summed E-state index contributed by atoms with van der Waals surface area (Å²) in [4.78, 5) is 11.1. The molecule has 0 aliphatic heterocycles. The van der Waals surface area contributed by atoms with Gasteiger partial charge in [0.05, 0.1) is 0 Å². The number of rotatable bonds is 3. The van der Waals surface area contributed by atoms with Gasteiger partial charge in [0.1, 0.15) is 5.78 Å². The van der Waals surface area contributed by atoms with E-state index in [0.29, 0.717) is 6.42 Å². The molecule has 2 aromatic carbocycles. The van der Waals surface area contributed by atoms with Crippen molar-refractivity contribution in [1.82, 2.24) is 0 Å². The Balaban J connectivity index is 2.37. The highest BCUT2D eigenvalue weighted by Crippen LogP contribution is 2.25. The first-order chi connectivity index (χ1) is 8.06. The van der Waals surface area contributed by atoms with Gasteiger partial charge in [-0.15, -0.1) is 0 Å². The maximum Gasteiger partial charge on any atom is 0.130 e. The Bertz CT molecular complexity index is 560. The third-order valence-corrected chi connectivity index (χ3v) is 3.22. The number of benzene rings is 2. The van der Waals surface area contributed by atoms with Crippen molar-refractivity contribution in [3.05, 3.63) is 47.0 Å². The molecule has 88 valence electrons. The number of hydrogen-bond acceptors (Lipinski definition) is 1. The summed E-state index contributed by atoms with van der Waals surface area (Å²) in [5.74, 6) is 0.501. The smallest absolute Gasteiger partial charge is 0.130 e. The number of ketones is 1. The van der Waals surface area contributed by atoms with Gasteiger partial charge in [-0.2, -0.15) is 0 Å². The van der Waals surface area contributed by atoms with Gasteiger partial charge in [-0.05, 0) is 41.3 Å². The van der Waals surface area contributed by atoms with Crippen LogP contribution >= 0.6 is 11.6 Å². The largest absolute Gasteiger partial charge is 0.300 e. The molecule has 0 bridgehead atoms. The summed E-state index contributed by atoms with van der Waals surface area (Å²) in [6.45, 7) is 3.72. The number of hydrogen-bond donors (Lipinski definition) is 0. The second-order valence-electron chi connectivity index (χ2n) is 4.56. The van der Waals surface area contributed by atoms with E-state index in [0.717, 1.165) is 10.4 Å². The van der Waals surface area contributed by atoms with E-state index in [9.17, 15) is 4.79 Å². The highest BCUT2D eigenvalue weighted by atomic mass is 35.5. The van der Waals surface area contributed by atoms with Crippen LogP contribution in [0.15, 0.2) is 36.4 Å². The standard InChI is InChI=1S/C15H15ClO/c1-10(7-11(2)17)12-3-4-14-9-15(16)6-5-13(14)8-12/h3-6,8-10H,7H2,1-2H3. The molecule has 17 heavy (non-hydrogen) atoms. The Morgan fingerprint density at radius 3 is 2.53 bits per heavy atom. The van der Waals surface area contributed by atoms with Gasteiger partial charge in [0.15, 0.2) is 0 Å². The summed E-state index contributed by atoms with van der Waals surface area (Å²) in [7, 11) is 0. The van der Waals surface area contributed by atoms with Crippen molar-refractivity contribution in [1.29, 1.82) is 0 Å². The van der Waals surface area contributed by atoms with E-state index in [4.69, 9.17) is 11.6 Å². The van der Waals surface area contributed by atoms with Crippen LogP contribution in [-0.2, 0) is 4.79 Å². The number of fused-ring (bicyclic) bond motifs is 1. The number of carbonyl (C=O) groups excluding carboxylic acids is 1. The van der Waals surface area contributed by atoms with E-state index in [1.165, 1.54) is 10.9 Å². The highest BCUT2D eigenvalue weighted by Gasteiger charge is 2.08. The molecule has 0 N–H and O–H groups in total. The van der Waals surface area contributed by atoms with Gasteiger partial charge in [0.2, 0.25) is 0 Å². The maximum atomic E-state index is 11.1. The third-order valence-electron chi connectivity index (χ3n) is 2.99. The Morgan fingerprint density at radius 2 is 1.82 bits per heavy atom. The van der Waals surface area contributed by atoms with E-state index in [-0.39, 0.29) is 11.7 Å². The molecule has 0 fully saturated rings. The quantitative estimate of drug-likeness (QED) is 0.775. The van der Waals surface area contributed by atoms with E-state index in [1.807, 2.05) is 18.2 Å². The second kappa shape index (κ2) is 4.89. The predicted molar refractivity (Wildman–Crippen MR) is 72.7 cm³/mol. The lowest BCUT2D eigenvalue weighted by molar-refractivity contribution is -0.117. The summed E-state index contributed by atoms with van der Waals surface area (Å²) in [6.07, 6.45) is 0.596. The van der Waals surface area contributed by atoms with Crippen LogP contribution < -0.4 is 0 Å². The summed E-state index contributed by atoms with van der Waals surface area (Å²) in [5, 5.41) is 3.06. The van der Waals surface area contributed by atoms with Crippen LogP contribution in [0.1, 0.15) is 31.7 Å². The van der Waals surface area contributed by atoms with E-state index >= 15 is 0 Å². The van der Waals surface area contributed by atoms with Crippen LogP contribution in [0.5, 0.6) is 0 Å². The number of carbonyl (C=O) groups is 1. The van der Waals surface area contributed by atoms with Crippen LogP contribution in [-0.4, -0.2) is 5.78 Å². The molecule has 1 nitrogen and oxygen atoms in total. The Labute approximate surface area is 106 Å². The van der Waals surface area contributed by atoms with Crippen molar-refractivity contribution in [3.8, 4) is 0 Å². The monoisotopic (exact) mass is 246 g/mol. The molecule has 2 heteroatoms. The lowest BCUT2D eigenvalue weighted by Gasteiger charge is -2.11. The lowest BCUT2D eigenvalue weighted by Crippen LogP contribution is -2.00. The Kier molecular flexibility index (Phi) is 3.49. The Morgan fingerprint density at radius 1 is 1.18 bits per heavy atom. The molecule has 0 radical (unpaired) electrons. The fraction of sp³-hybridized carbons (Fsp3) is 0.267. The molecular formula is C15H15ClO. The molecule has 2 rings (SSSR count). The van der Waals surface area contributed by atoms with Crippen LogP contribution in [0.3, 0.4) is 0 Å². The molecule has 0 aliphatic rings. The van der Waals surface area contributed by atoms with Gasteiger partial charge in [-0.1, -0.05) is 42.8 Å². The SMILES string of the molecule is CC(=O)CC(C)c1ccc2cc(Cl)ccc2c1. The first kappa shape index (κ1) is 12.1. The molecule has 0 aromatic heterocycles. The van der Waals surface area contributed by atoms with Crippen molar-refractivity contribution in [3.63, 3.8) is 0 Å². The summed E-state index contributed by atoms with van der Waals surface area (Å²) < 4.78 is 0. The lowest BCUT2D eigenvalue weighted by atomic mass is 9.94. The van der Waals surface area contributed by atoms with E-state index < -0.39 is 0 Å². The zero-order valence-electron chi connectivity index (χ0n) is 10.0. The molecule has 0 aliphatic carbocycles. The van der Waals surface area contributed by atoms with E-state index in [2.05, 4.69) is 25.1 Å². The van der Waals surface area contributed by atoms with Crippen molar-refractivity contribution < 1.29 is 4.79 Å². The van der Waals surface area contributed by atoms with Gasteiger partial charge in [-0.25, -0.2) is 0 Å². The average Bonchev–Trinajstić information content (AvgIpc) is 2.27. The number of halogens is 1. The van der Waals surface area contributed by atoms with Crippen LogP contribution in [0.4, 0.5) is 0 Å². The molecule has 0 amide bonds. The Hall–Kier alpha value is -1.34. The normalized spacial score (nSPS) is 12.6. The minimum atomic E-state index is 0.230. The first-order valence-electron chi connectivity index (χ1n) is 5.75. The minimum absolute atomic E-state index is 0.230. The van der Waals surface area contributed by atoms with E-state index in [1.54, 1.807) is 6.92 Å². The highest BCUT2D eigenvalue weighted by molar-refractivity contribution is 6.31. The molecule has 0 spiro atoms. The zero-order valence-corrected chi connectivity index (χ0v) is 10.8. The molecule has 1 unspecified atom stereocenters. The van der Waals surface area contributed by atoms with Crippen LogP contribution in [0.25, 0.3) is 10.8 Å². The maximum absolute atomic E-state index is 11.1. The predicted octanol–water partition coefficient (Wildman–Crippen LogP) is 4.58. The summed E-state index contributed by atoms with van der Waals surface area (Å²) >= 11 is 5.95. The fourth-order valence-electron chi connectivity index (χ4n) is 2.09. The molecule has 2 aromatic rings. The van der Waals surface area contributed by atoms with Crippen LogP contribution in [0, 0.1) is 0 Å². The van der Waals surface area contributed by atoms with Gasteiger partial charge in [-0.3, -0.25) is 0 Å². The second-order valence-corrected chi connectivity index (χ2v) is 4.99. The topological polar surface area (TPSA) is 17.1 Å². The van der Waals surface area contributed by atoms with Crippen LogP contribution in [0.2, 0.25) is 5.02 Å².